The van der Waals surface area contributed by atoms with Gasteiger partial charge in [-0.1, -0.05) is 0 Å². The lowest BCUT2D eigenvalue weighted by atomic mass is 9.91. The van der Waals surface area contributed by atoms with Gasteiger partial charge in [0, 0.05) is 24.5 Å². The molecule has 0 spiro atoms. The number of aromatic nitrogens is 5. The summed E-state index contributed by atoms with van der Waals surface area (Å²) in [4.78, 5) is 24.7. The highest BCUT2D eigenvalue weighted by molar-refractivity contribution is 5.85. The van der Waals surface area contributed by atoms with Crippen LogP contribution in [0.3, 0.4) is 0 Å². The molecule has 3 aromatic heterocycles. The summed E-state index contributed by atoms with van der Waals surface area (Å²) < 4.78 is 1.61. The van der Waals surface area contributed by atoms with Gasteiger partial charge in [-0.15, -0.1) is 0 Å². The fourth-order valence-electron chi connectivity index (χ4n) is 3.31. The van der Waals surface area contributed by atoms with Crippen molar-refractivity contribution in [1.82, 2.24) is 24.7 Å². The zero-order valence-electron chi connectivity index (χ0n) is 13.2. The zero-order valence-corrected chi connectivity index (χ0v) is 13.2. The van der Waals surface area contributed by atoms with Crippen molar-refractivity contribution in [2.75, 3.05) is 5.32 Å². The molecule has 1 fully saturated rings. The molecule has 0 aliphatic heterocycles. The Hall–Kier alpha value is -2.83. The Morgan fingerprint density at radius 2 is 1.83 bits per heavy atom. The molecule has 1 aliphatic rings. The van der Waals surface area contributed by atoms with Gasteiger partial charge in [0.05, 0.1) is 11.4 Å². The van der Waals surface area contributed by atoms with Crippen molar-refractivity contribution in [3.63, 3.8) is 0 Å². The van der Waals surface area contributed by atoms with Crippen LogP contribution in [-0.4, -0.2) is 30.8 Å². The molecule has 1 saturated carbocycles. The minimum Gasteiger partial charge on any atom is -0.367 e. The molecule has 0 aromatic carbocycles. The lowest BCUT2D eigenvalue weighted by molar-refractivity contribution is 0.303. The predicted molar refractivity (Wildman–Crippen MR) is 90.7 cm³/mol. The molecule has 1 N–H and O–H groups in total. The monoisotopic (exact) mass is 322 g/mol. The number of hydrogen-bond acceptors (Lipinski definition) is 6. The van der Waals surface area contributed by atoms with Gasteiger partial charge in [0.25, 0.3) is 5.56 Å². The van der Waals surface area contributed by atoms with Crippen molar-refractivity contribution in [2.45, 2.75) is 37.8 Å². The molecule has 7 heteroatoms. The Labute approximate surface area is 138 Å². The standard InChI is InChI=1S/C17H18N6O/c24-15-4-2-10-21-23(15)13-7-5-12(6-8-13)22-17-14-3-1-9-18-16(14)19-11-20-17/h1-4,9-13H,5-8H2,(H,18,19,20,22). The maximum absolute atomic E-state index is 11.9. The molecule has 4 rings (SSSR count). The van der Waals surface area contributed by atoms with Crippen molar-refractivity contribution >= 4 is 16.9 Å². The average molecular weight is 322 g/mol. The van der Waals surface area contributed by atoms with Crippen molar-refractivity contribution in [2.24, 2.45) is 0 Å². The molecule has 7 nitrogen and oxygen atoms in total. The highest BCUT2D eigenvalue weighted by Crippen LogP contribution is 2.29. The summed E-state index contributed by atoms with van der Waals surface area (Å²) in [5.41, 5.74) is 0.672. The van der Waals surface area contributed by atoms with Gasteiger partial charge in [-0.2, -0.15) is 5.10 Å². The third-order valence-electron chi connectivity index (χ3n) is 4.53. The Morgan fingerprint density at radius 1 is 1.00 bits per heavy atom. The molecule has 0 bridgehead atoms. The second-order valence-electron chi connectivity index (χ2n) is 6.05. The van der Waals surface area contributed by atoms with Gasteiger partial charge in [-0.25, -0.2) is 19.6 Å². The van der Waals surface area contributed by atoms with E-state index in [1.807, 2.05) is 12.1 Å². The van der Waals surface area contributed by atoms with E-state index in [2.05, 4.69) is 25.4 Å². The first-order valence-electron chi connectivity index (χ1n) is 8.17. The van der Waals surface area contributed by atoms with Crippen LogP contribution in [0.5, 0.6) is 0 Å². The summed E-state index contributed by atoms with van der Waals surface area (Å²) in [6.07, 6.45) is 8.74. The number of hydrogen-bond donors (Lipinski definition) is 1. The summed E-state index contributed by atoms with van der Waals surface area (Å²) >= 11 is 0. The largest absolute Gasteiger partial charge is 0.367 e. The molecule has 24 heavy (non-hydrogen) atoms. The Kier molecular flexibility index (Phi) is 3.90. The molecule has 0 unspecified atom stereocenters. The third kappa shape index (κ3) is 2.84. The van der Waals surface area contributed by atoms with Gasteiger partial charge in [-0.05, 0) is 43.9 Å². The Balaban J connectivity index is 1.47. The zero-order chi connectivity index (χ0) is 16.4. The van der Waals surface area contributed by atoms with E-state index in [9.17, 15) is 4.79 Å². The smallest absolute Gasteiger partial charge is 0.266 e. The van der Waals surface area contributed by atoms with Crippen LogP contribution in [0.1, 0.15) is 31.7 Å². The van der Waals surface area contributed by atoms with Crippen LogP contribution in [-0.2, 0) is 0 Å². The second kappa shape index (κ2) is 6.35. The second-order valence-corrected chi connectivity index (χ2v) is 6.05. The van der Waals surface area contributed by atoms with E-state index in [1.54, 1.807) is 29.2 Å². The SMILES string of the molecule is O=c1cccnn1C1CCC(Nc2ncnc3ncccc23)CC1. The van der Waals surface area contributed by atoms with Crippen molar-refractivity contribution in [3.8, 4) is 0 Å². The van der Waals surface area contributed by atoms with Crippen LogP contribution in [0.15, 0.2) is 47.8 Å². The van der Waals surface area contributed by atoms with Gasteiger partial charge in [0.2, 0.25) is 0 Å². The molecule has 3 aromatic rings. The fraction of sp³-hybridized carbons (Fsp3) is 0.353. The molecular weight excluding hydrogens is 304 g/mol. The van der Waals surface area contributed by atoms with E-state index < -0.39 is 0 Å². The number of nitrogens with one attached hydrogen (secondary N) is 1. The molecule has 3 heterocycles. The Bertz CT molecular complexity index is 895. The van der Waals surface area contributed by atoms with Crippen molar-refractivity contribution in [3.05, 3.63) is 53.3 Å². The Morgan fingerprint density at radius 3 is 2.67 bits per heavy atom. The van der Waals surface area contributed by atoms with E-state index in [0.717, 1.165) is 36.9 Å². The van der Waals surface area contributed by atoms with Crippen LogP contribution in [0.4, 0.5) is 5.82 Å². The van der Waals surface area contributed by atoms with Gasteiger partial charge in [0.1, 0.15) is 12.1 Å². The van der Waals surface area contributed by atoms with Gasteiger partial charge < -0.3 is 5.32 Å². The lowest BCUT2D eigenvalue weighted by Crippen LogP contribution is -2.33. The minimum atomic E-state index is -0.0261. The molecule has 122 valence electrons. The summed E-state index contributed by atoms with van der Waals surface area (Å²) in [5.74, 6) is 0.826. The van der Waals surface area contributed by atoms with E-state index in [4.69, 9.17) is 0 Å². The van der Waals surface area contributed by atoms with Gasteiger partial charge >= 0.3 is 0 Å². The molecule has 1 aliphatic carbocycles. The van der Waals surface area contributed by atoms with Gasteiger partial charge in [-0.3, -0.25) is 4.79 Å². The highest BCUT2D eigenvalue weighted by atomic mass is 16.1. The predicted octanol–water partition coefficient (Wildman–Crippen LogP) is 2.18. The van der Waals surface area contributed by atoms with E-state index in [-0.39, 0.29) is 11.6 Å². The summed E-state index contributed by atoms with van der Waals surface area (Å²) in [6.45, 7) is 0. The average Bonchev–Trinajstić information content (AvgIpc) is 2.63. The topological polar surface area (TPSA) is 85.6 Å². The minimum absolute atomic E-state index is 0.0261. The van der Waals surface area contributed by atoms with Crippen LogP contribution >= 0.6 is 0 Å². The highest BCUT2D eigenvalue weighted by Gasteiger charge is 2.24. The first kappa shape index (κ1) is 14.7. The van der Waals surface area contributed by atoms with Crippen LogP contribution < -0.4 is 10.9 Å². The van der Waals surface area contributed by atoms with E-state index >= 15 is 0 Å². The molecule has 0 radical (unpaired) electrons. The number of nitrogens with zero attached hydrogens (tertiary/aromatic N) is 5. The van der Waals surface area contributed by atoms with Crippen LogP contribution in [0.2, 0.25) is 0 Å². The van der Waals surface area contributed by atoms with Crippen LogP contribution in [0.25, 0.3) is 11.0 Å². The lowest BCUT2D eigenvalue weighted by Gasteiger charge is -2.29. The molecular formula is C17H18N6O. The maximum atomic E-state index is 11.9. The fourth-order valence-corrected chi connectivity index (χ4v) is 3.31. The quantitative estimate of drug-likeness (QED) is 0.795. The van der Waals surface area contributed by atoms with E-state index in [0.29, 0.717) is 11.7 Å². The van der Waals surface area contributed by atoms with Crippen LogP contribution in [0, 0.1) is 0 Å². The first-order valence-corrected chi connectivity index (χ1v) is 8.17. The molecule has 0 amide bonds. The first-order chi connectivity index (χ1) is 11.8. The summed E-state index contributed by atoms with van der Waals surface area (Å²) in [7, 11) is 0. The van der Waals surface area contributed by atoms with Crippen molar-refractivity contribution < 1.29 is 0 Å². The molecule has 0 saturated heterocycles. The number of fused-ring (bicyclic) bond motifs is 1. The summed E-state index contributed by atoms with van der Waals surface area (Å²) in [6, 6.07) is 7.63. The maximum Gasteiger partial charge on any atom is 0.266 e. The third-order valence-corrected chi connectivity index (χ3v) is 4.53. The number of pyridine rings is 1. The number of anilines is 1. The van der Waals surface area contributed by atoms with E-state index in [1.165, 1.54) is 6.33 Å². The molecule has 0 atom stereocenters. The van der Waals surface area contributed by atoms with Crippen molar-refractivity contribution in [1.29, 1.82) is 0 Å². The normalized spacial score (nSPS) is 20.8. The summed E-state index contributed by atoms with van der Waals surface area (Å²) in [5, 5.41) is 8.65. The van der Waals surface area contributed by atoms with Gasteiger partial charge in [0.15, 0.2) is 5.65 Å². The number of rotatable bonds is 3.